The minimum Gasteiger partial charge on any atom is -0.469 e. The fraction of sp³-hybridized carbons (Fsp3) is 0.846. The van der Waals surface area contributed by atoms with Gasteiger partial charge in [0.1, 0.15) is 0 Å². The third-order valence-electron chi connectivity index (χ3n) is 3.58. The maximum absolute atomic E-state index is 11.5. The predicted octanol–water partition coefficient (Wildman–Crippen LogP) is 2.08. The lowest BCUT2D eigenvalue weighted by Gasteiger charge is -2.39. The maximum atomic E-state index is 11.5. The van der Waals surface area contributed by atoms with Gasteiger partial charge in [0.25, 0.3) is 0 Å². The van der Waals surface area contributed by atoms with Crippen LogP contribution >= 0.6 is 0 Å². The average Bonchev–Trinajstić information content (AvgIpc) is 2.26. The molecule has 112 valence electrons. The summed E-state index contributed by atoms with van der Waals surface area (Å²) in [6, 6.07) is 0. The third kappa shape index (κ3) is 6.20. The Kier molecular flexibility index (Phi) is 6.72. The van der Waals surface area contributed by atoms with Gasteiger partial charge < -0.3 is 14.5 Å². The minimum absolute atomic E-state index is 0.0318. The van der Waals surface area contributed by atoms with Gasteiger partial charge in [-0.2, -0.15) is 0 Å². The van der Waals surface area contributed by atoms with Gasteiger partial charge in [-0.25, -0.2) is 0 Å². The normalized spacial score (nSPS) is 13.8. The number of amides is 1. The SMILES string of the molecule is CNC(=O)C[C@H](CC(=O)OC)O[Si](C)(C)C(C)(C)C. The van der Waals surface area contributed by atoms with Crippen LogP contribution in [0.25, 0.3) is 0 Å². The zero-order valence-corrected chi connectivity index (χ0v) is 14.1. The van der Waals surface area contributed by atoms with Crippen molar-refractivity contribution >= 4 is 20.2 Å². The third-order valence-corrected chi connectivity index (χ3v) is 8.12. The van der Waals surface area contributed by atoms with E-state index in [1.54, 1.807) is 7.05 Å². The van der Waals surface area contributed by atoms with E-state index >= 15 is 0 Å². The molecule has 1 atom stereocenters. The number of hydrogen-bond donors (Lipinski definition) is 1. The number of nitrogens with one attached hydrogen (secondary N) is 1. The Bertz CT molecular complexity index is 305. The van der Waals surface area contributed by atoms with Crippen molar-refractivity contribution in [1.29, 1.82) is 0 Å². The second-order valence-electron chi connectivity index (χ2n) is 6.16. The standard InChI is InChI=1S/C13H27NO4Si/c1-13(2,3)19(6,7)18-10(8-11(15)14-4)9-12(16)17-5/h10H,8-9H2,1-7H3,(H,14,15)/t10-/m1/s1. The predicted molar refractivity (Wildman–Crippen MR) is 77.4 cm³/mol. The molecule has 0 aromatic carbocycles. The second-order valence-corrected chi connectivity index (χ2v) is 10.9. The van der Waals surface area contributed by atoms with Crippen LogP contribution in [0.1, 0.15) is 33.6 Å². The Morgan fingerprint density at radius 3 is 2.11 bits per heavy atom. The van der Waals surface area contributed by atoms with Crippen LogP contribution in [-0.2, 0) is 18.8 Å². The first-order valence-electron chi connectivity index (χ1n) is 6.48. The van der Waals surface area contributed by atoms with E-state index < -0.39 is 14.4 Å². The summed E-state index contributed by atoms with van der Waals surface area (Å²) in [5.74, 6) is -0.486. The van der Waals surface area contributed by atoms with Crippen LogP contribution < -0.4 is 5.32 Å². The maximum Gasteiger partial charge on any atom is 0.308 e. The molecule has 0 heterocycles. The van der Waals surface area contributed by atoms with Crippen molar-refractivity contribution in [2.24, 2.45) is 0 Å². The van der Waals surface area contributed by atoms with E-state index in [-0.39, 0.29) is 29.8 Å². The zero-order valence-electron chi connectivity index (χ0n) is 13.1. The highest BCUT2D eigenvalue weighted by atomic mass is 28.4. The van der Waals surface area contributed by atoms with Crippen molar-refractivity contribution < 1.29 is 18.8 Å². The van der Waals surface area contributed by atoms with E-state index in [0.717, 1.165) is 0 Å². The number of ether oxygens (including phenoxy) is 1. The van der Waals surface area contributed by atoms with Gasteiger partial charge in [-0.05, 0) is 18.1 Å². The molecule has 0 spiro atoms. The first-order chi connectivity index (χ1) is 8.53. The summed E-state index contributed by atoms with van der Waals surface area (Å²) < 4.78 is 10.8. The van der Waals surface area contributed by atoms with Crippen molar-refractivity contribution in [3.63, 3.8) is 0 Å². The molecule has 1 N–H and O–H groups in total. The van der Waals surface area contributed by atoms with E-state index in [2.05, 4.69) is 43.9 Å². The molecule has 0 aromatic rings. The monoisotopic (exact) mass is 289 g/mol. The molecule has 5 nitrogen and oxygen atoms in total. The summed E-state index contributed by atoms with van der Waals surface area (Å²) in [6.07, 6.45) is -0.137. The van der Waals surface area contributed by atoms with Gasteiger partial charge in [0, 0.05) is 7.05 Å². The molecule has 0 rings (SSSR count). The van der Waals surface area contributed by atoms with Gasteiger partial charge in [-0.15, -0.1) is 0 Å². The van der Waals surface area contributed by atoms with E-state index in [4.69, 9.17) is 4.43 Å². The molecule has 0 aromatic heterocycles. The van der Waals surface area contributed by atoms with Crippen LogP contribution in [0.4, 0.5) is 0 Å². The Balaban J connectivity index is 4.84. The van der Waals surface area contributed by atoms with Crippen LogP contribution in [0.5, 0.6) is 0 Å². The van der Waals surface area contributed by atoms with E-state index in [1.165, 1.54) is 7.11 Å². The summed E-state index contributed by atoms with van der Waals surface area (Å²) in [7, 11) is 0.897. The average molecular weight is 289 g/mol. The molecular formula is C13H27NO4Si. The number of rotatable bonds is 6. The molecule has 0 saturated heterocycles. The Labute approximate surface area is 117 Å². The Hall–Kier alpha value is -0.883. The topological polar surface area (TPSA) is 64.6 Å². The van der Waals surface area contributed by atoms with Crippen molar-refractivity contribution in [3.8, 4) is 0 Å². The van der Waals surface area contributed by atoms with Gasteiger partial charge in [0.05, 0.1) is 26.1 Å². The molecule has 1 amide bonds. The van der Waals surface area contributed by atoms with Crippen LogP contribution in [0, 0.1) is 0 Å². The van der Waals surface area contributed by atoms with Crippen LogP contribution in [0.3, 0.4) is 0 Å². The highest BCUT2D eigenvalue weighted by molar-refractivity contribution is 6.74. The number of methoxy groups -OCH3 is 1. The highest BCUT2D eigenvalue weighted by Crippen LogP contribution is 2.38. The lowest BCUT2D eigenvalue weighted by molar-refractivity contribution is -0.142. The summed E-state index contributed by atoms with van der Waals surface area (Å²) in [5, 5.41) is 2.59. The van der Waals surface area contributed by atoms with Gasteiger partial charge >= 0.3 is 5.97 Å². The van der Waals surface area contributed by atoms with Gasteiger partial charge in [0.15, 0.2) is 8.32 Å². The first-order valence-corrected chi connectivity index (χ1v) is 9.39. The minimum atomic E-state index is -2.01. The van der Waals surface area contributed by atoms with E-state index in [0.29, 0.717) is 0 Å². The molecule has 0 unspecified atom stereocenters. The largest absolute Gasteiger partial charge is 0.469 e. The molecule has 0 aliphatic heterocycles. The lowest BCUT2D eigenvalue weighted by atomic mass is 10.2. The quantitative estimate of drug-likeness (QED) is 0.600. The van der Waals surface area contributed by atoms with Crippen molar-refractivity contribution in [1.82, 2.24) is 5.32 Å². The highest BCUT2D eigenvalue weighted by Gasteiger charge is 2.39. The Morgan fingerprint density at radius 1 is 1.21 bits per heavy atom. The summed E-state index contributed by atoms with van der Waals surface area (Å²) in [4.78, 5) is 22.9. The molecule has 0 radical (unpaired) electrons. The first kappa shape index (κ1) is 18.1. The summed E-state index contributed by atoms with van der Waals surface area (Å²) in [6.45, 7) is 10.6. The van der Waals surface area contributed by atoms with E-state index in [9.17, 15) is 9.59 Å². The van der Waals surface area contributed by atoms with Crippen LogP contribution in [-0.4, -0.2) is 40.5 Å². The molecule has 0 bridgehead atoms. The smallest absolute Gasteiger partial charge is 0.308 e. The fourth-order valence-electron chi connectivity index (χ4n) is 1.33. The van der Waals surface area contributed by atoms with Gasteiger partial charge in [0.2, 0.25) is 5.91 Å². The van der Waals surface area contributed by atoms with Crippen LogP contribution in [0.15, 0.2) is 0 Å². The van der Waals surface area contributed by atoms with E-state index in [1.807, 2.05) is 0 Å². The Morgan fingerprint density at radius 2 is 1.74 bits per heavy atom. The molecule has 6 heteroatoms. The van der Waals surface area contributed by atoms with Crippen molar-refractivity contribution in [3.05, 3.63) is 0 Å². The molecule has 0 aliphatic rings. The molecule has 0 aliphatic carbocycles. The van der Waals surface area contributed by atoms with Gasteiger partial charge in [-0.1, -0.05) is 20.8 Å². The summed E-state index contributed by atoms with van der Waals surface area (Å²) in [5.41, 5.74) is 0. The molecular weight excluding hydrogens is 262 g/mol. The summed E-state index contributed by atoms with van der Waals surface area (Å²) >= 11 is 0. The fourth-order valence-corrected chi connectivity index (χ4v) is 2.68. The number of esters is 1. The van der Waals surface area contributed by atoms with Crippen LogP contribution in [0.2, 0.25) is 18.1 Å². The zero-order chi connectivity index (χ0) is 15.3. The molecule has 19 heavy (non-hydrogen) atoms. The van der Waals surface area contributed by atoms with Crippen molar-refractivity contribution in [2.45, 2.75) is 57.8 Å². The number of carbonyl (C=O) groups is 2. The number of hydrogen-bond acceptors (Lipinski definition) is 4. The lowest BCUT2D eigenvalue weighted by Crippen LogP contribution is -2.45. The van der Waals surface area contributed by atoms with Crippen molar-refractivity contribution in [2.75, 3.05) is 14.2 Å². The van der Waals surface area contributed by atoms with Gasteiger partial charge in [-0.3, -0.25) is 9.59 Å². The molecule has 0 fully saturated rings. The molecule has 0 saturated carbocycles. The second kappa shape index (κ2) is 7.05. The number of carbonyl (C=O) groups excluding carboxylic acids is 2.